The maximum Gasteiger partial charge on any atom is 0.0638 e. The van der Waals surface area contributed by atoms with Gasteiger partial charge in [0.1, 0.15) is 0 Å². The zero-order chi connectivity index (χ0) is 12.0. The van der Waals surface area contributed by atoms with Gasteiger partial charge in [-0.3, -0.25) is 4.90 Å². The van der Waals surface area contributed by atoms with Gasteiger partial charge in [0.15, 0.2) is 0 Å². The molecule has 92 valence electrons. The van der Waals surface area contributed by atoms with E-state index in [0.717, 1.165) is 13.1 Å². The van der Waals surface area contributed by atoms with E-state index < -0.39 is 0 Å². The first kappa shape index (κ1) is 13.5. The lowest BCUT2D eigenvalue weighted by Crippen LogP contribution is -2.41. The van der Waals surface area contributed by atoms with Crippen LogP contribution >= 0.6 is 0 Å². The second-order valence-corrected chi connectivity index (χ2v) is 4.98. The van der Waals surface area contributed by atoms with Gasteiger partial charge in [-0.05, 0) is 39.9 Å². The smallest absolute Gasteiger partial charge is 0.0638 e. The number of nitrogens with zero attached hydrogens (tertiary/aromatic N) is 3. The molecule has 0 N–H and O–H groups in total. The Labute approximate surface area is 100 Å². The quantitative estimate of drug-likeness (QED) is 0.731. The van der Waals surface area contributed by atoms with Gasteiger partial charge in [-0.15, -0.1) is 0 Å². The summed E-state index contributed by atoms with van der Waals surface area (Å²) < 4.78 is 0. The molecule has 3 heteroatoms. The molecule has 16 heavy (non-hydrogen) atoms. The van der Waals surface area contributed by atoms with Crippen molar-refractivity contribution in [2.24, 2.45) is 0 Å². The summed E-state index contributed by atoms with van der Waals surface area (Å²) in [7, 11) is 2.15. The molecule has 0 aromatic heterocycles. The molecule has 0 spiro atoms. The van der Waals surface area contributed by atoms with Gasteiger partial charge >= 0.3 is 0 Å². The zero-order valence-corrected chi connectivity index (χ0v) is 10.9. The van der Waals surface area contributed by atoms with Gasteiger partial charge in [-0.1, -0.05) is 13.3 Å². The van der Waals surface area contributed by atoms with Crippen molar-refractivity contribution in [2.75, 3.05) is 26.7 Å². The highest BCUT2D eigenvalue weighted by Crippen LogP contribution is 2.16. The molecule has 1 aliphatic heterocycles. The van der Waals surface area contributed by atoms with Gasteiger partial charge in [0.25, 0.3) is 0 Å². The monoisotopic (exact) mass is 223 g/mol. The van der Waals surface area contributed by atoms with Gasteiger partial charge < -0.3 is 4.90 Å². The van der Waals surface area contributed by atoms with E-state index in [4.69, 9.17) is 5.26 Å². The lowest BCUT2D eigenvalue weighted by atomic mass is 10.1. The first-order chi connectivity index (χ1) is 7.69. The van der Waals surface area contributed by atoms with E-state index in [1.54, 1.807) is 0 Å². The number of rotatable bonds is 4. The molecule has 0 radical (unpaired) electrons. The van der Waals surface area contributed by atoms with Crippen LogP contribution in [0.15, 0.2) is 0 Å². The molecule has 1 aliphatic rings. The van der Waals surface area contributed by atoms with Crippen LogP contribution < -0.4 is 0 Å². The van der Waals surface area contributed by atoms with Crippen molar-refractivity contribution in [1.29, 1.82) is 5.26 Å². The summed E-state index contributed by atoms with van der Waals surface area (Å²) in [5.74, 6) is 0. The Hall–Kier alpha value is -0.590. The third-order valence-corrected chi connectivity index (χ3v) is 3.72. The summed E-state index contributed by atoms with van der Waals surface area (Å²) >= 11 is 0. The normalized spacial score (nSPS) is 28.6. The Balaban J connectivity index is 2.57. The van der Waals surface area contributed by atoms with Gasteiger partial charge in [-0.2, -0.15) is 5.26 Å². The molecule has 0 aromatic carbocycles. The van der Waals surface area contributed by atoms with E-state index in [0.29, 0.717) is 18.5 Å². The Morgan fingerprint density at radius 3 is 2.81 bits per heavy atom. The van der Waals surface area contributed by atoms with Crippen molar-refractivity contribution >= 4 is 0 Å². The summed E-state index contributed by atoms with van der Waals surface area (Å²) in [5, 5.41) is 8.86. The molecular formula is C13H25N3. The standard InChI is InChI=1S/C13H25N3/c1-4-5-9-16-11-13(6-8-14)15(3)10-7-12(16)2/h12-13H,4-7,9-11H2,1-3H3. The molecule has 0 amide bonds. The first-order valence-electron chi connectivity index (χ1n) is 6.50. The van der Waals surface area contributed by atoms with Gasteiger partial charge in [0.05, 0.1) is 12.5 Å². The highest BCUT2D eigenvalue weighted by molar-refractivity contribution is 4.88. The second kappa shape index (κ2) is 6.88. The summed E-state index contributed by atoms with van der Waals surface area (Å²) in [6, 6.07) is 3.41. The van der Waals surface area contributed by atoms with Crippen LogP contribution in [0.3, 0.4) is 0 Å². The van der Waals surface area contributed by atoms with Crippen molar-refractivity contribution in [3.8, 4) is 6.07 Å². The van der Waals surface area contributed by atoms with Crippen molar-refractivity contribution in [1.82, 2.24) is 9.80 Å². The van der Waals surface area contributed by atoms with Crippen LogP contribution in [0.2, 0.25) is 0 Å². The van der Waals surface area contributed by atoms with Crippen LogP contribution in [0, 0.1) is 11.3 Å². The Kier molecular flexibility index (Phi) is 5.79. The third-order valence-electron chi connectivity index (χ3n) is 3.72. The molecule has 2 atom stereocenters. The van der Waals surface area contributed by atoms with E-state index in [9.17, 15) is 0 Å². The van der Waals surface area contributed by atoms with E-state index >= 15 is 0 Å². The van der Waals surface area contributed by atoms with Gasteiger partial charge in [0.2, 0.25) is 0 Å². The molecular weight excluding hydrogens is 198 g/mol. The molecule has 0 saturated carbocycles. The number of nitriles is 1. The molecule has 1 saturated heterocycles. The average molecular weight is 223 g/mol. The average Bonchev–Trinajstić information content (AvgIpc) is 2.40. The Bertz CT molecular complexity index is 234. The van der Waals surface area contributed by atoms with Crippen LogP contribution in [-0.4, -0.2) is 48.6 Å². The van der Waals surface area contributed by atoms with E-state index in [2.05, 4.69) is 36.8 Å². The zero-order valence-electron chi connectivity index (χ0n) is 10.9. The fourth-order valence-electron chi connectivity index (χ4n) is 2.34. The van der Waals surface area contributed by atoms with Crippen LogP contribution in [0.5, 0.6) is 0 Å². The number of unbranched alkanes of at least 4 members (excludes halogenated alkanes) is 1. The Morgan fingerprint density at radius 1 is 1.44 bits per heavy atom. The number of likely N-dealkylation sites (N-methyl/N-ethyl adjacent to an activating group) is 1. The number of hydrogen-bond donors (Lipinski definition) is 0. The second-order valence-electron chi connectivity index (χ2n) is 4.98. The highest BCUT2D eigenvalue weighted by atomic mass is 15.2. The minimum atomic E-state index is 0.423. The molecule has 3 nitrogen and oxygen atoms in total. The van der Waals surface area contributed by atoms with E-state index in [1.165, 1.54) is 25.8 Å². The minimum Gasteiger partial charge on any atom is -0.301 e. The molecule has 0 bridgehead atoms. The summed E-state index contributed by atoms with van der Waals surface area (Å²) in [6.45, 7) is 7.93. The minimum absolute atomic E-state index is 0.423. The number of hydrogen-bond acceptors (Lipinski definition) is 3. The van der Waals surface area contributed by atoms with Crippen molar-refractivity contribution in [2.45, 2.75) is 51.6 Å². The molecule has 2 unspecified atom stereocenters. The van der Waals surface area contributed by atoms with Crippen molar-refractivity contribution in [3.05, 3.63) is 0 Å². The fraction of sp³-hybridized carbons (Fsp3) is 0.923. The van der Waals surface area contributed by atoms with Crippen molar-refractivity contribution in [3.63, 3.8) is 0 Å². The van der Waals surface area contributed by atoms with Crippen LogP contribution in [0.25, 0.3) is 0 Å². The topological polar surface area (TPSA) is 30.3 Å². The maximum absolute atomic E-state index is 8.86. The predicted molar refractivity (Wildman–Crippen MR) is 67.2 cm³/mol. The summed E-state index contributed by atoms with van der Waals surface area (Å²) in [6.07, 6.45) is 4.41. The predicted octanol–water partition coefficient (Wildman–Crippen LogP) is 2.09. The lowest BCUT2D eigenvalue weighted by Gasteiger charge is -2.29. The van der Waals surface area contributed by atoms with Crippen LogP contribution in [-0.2, 0) is 0 Å². The van der Waals surface area contributed by atoms with Crippen LogP contribution in [0.1, 0.15) is 39.5 Å². The fourth-order valence-corrected chi connectivity index (χ4v) is 2.34. The SMILES string of the molecule is CCCCN1CC(CC#N)N(C)CCC1C. The highest BCUT2D eigenvalue weighted by Gasteiger charge is 2.25. The summed E-state index contributed by atoms with van der Waals surface area (Å²) in [4.78, 5) is 4.92. The molecule has 0 aromatic rings. The maximum atomic E-state index is 8.86. The third kappa shape index (κ3) is 3.77. The van der Waals surface area contributed by atoms with E-state index in [1.807, 2.05) is 0 Å². The lowest BCUT2D eigenvalue weighted by molar-refractivity contribution is 0.180. The van der Waals surface area contributed by atoms with Crippen LogP contribution in [0.4, 0.5) is 0 Å². The summed E-state index contributed by atoms with van der Waals surface area (Å²) in [5.41, 5.74) is 0. The van der Waals surface area contributed by atoms with Gasteiger partial charge in [-0.25, -0.2) is 0 Å². The van der Waals surface area contributed by atoms with Crippen molar-refractivity contribution < 1.29 is 0 Å². The largest absolute Gasteiger partial charge is 0.301 e. The molecule has 1 fully saturated rings. The van der Waals surface area contributed by atoms with E-state index in [-0.39, 0.29) is 0 Å². The molecule has 0 aliphatic carbocycles. The first-order valence-corrected chi connectivity index (χ1v) is 6.50. The molecule has 1 rings (SSSR count). The molecule has 1 heterocycles. The van der Waals surface area contributed by atoms with Gasteiger partial charge in [0, 0.05) is 18.6 Å². The Morgan fingerprint density at radius 2 is 2.19 bits per heavy atom.